The van der Waals surface area contributed by atoms with Gasteiger partial charge in [0, 0.05) is 0 Å². The maximum Gasteiger partial charge on any atom is 0.308 e. The van der Waals surface area contributed by atoms with Crippen LogP contribution in [0.4, 0.5) is 0 Å². The second kappa shape index (κ2) is 8.65. The fourth-order valence-electron chi connectivity index (χ4n) is 2.76. The van der Waals surface area contributed by atoms with Crippen LogP contribution in [-0.2, 0) is 16.0 Å². The Morgan fingerprint density at radius 2 is 1.83 bits per heavy atom. The SMILES string of the molecule is CCOC(=O)CC(O)CC(O)CCc1cccc2ccccc12. The number of esters is 1. The first kappa shape index (κ1) is 17.4. The Bertz CT molecular complexity index is 633. The van der Waals surface area contributed by atoms with Crippen LogP contribution in [0, 0.1) is 0 Å². The van der Waals surface area contributed by atoms with Crippen LogP contribution >= 0.6 is 0 Å². The quantitative estimate of drug-likeness (QED) is 0.735. The highest BCUT2D eigenvalue weighted by Gasteiger charge is 2.16. The summed E-state index contributed by atoms with van der Waals surface area (Å²) >= 11 is 0. The minimum Gasteiger partial charge on any atom is -0.466 e. The number of rotatable bonds is 8. The maximum absolute atomic E-state index is 11.3. The summed E-state index contributed by atoms with van der Waals surface area (Å²) < 4.78 is 4.79. The van der Waals surface area contributed by atoms with E-state index in [0.29, 0.717) is 13.0 Å². The Morgan fingerprint density at radius 3 is 2.61 bits per heavy atom. The molecule has 0 aliphatic heterocycles. The lowest BCUT2D eigenvalue weighted by Crippen LogP contribution is -2.22. The van der Waals surface area contributed by atoms with E-state index in [1.165, 1.54) is 16.3 Å². The van der Waals surface area contributed by atoms with Gasteiger partial charge in [-0.2, -0.15) is 0 Å². The Kier molecular flexibility index (Phi) is 6.56. The lowest BCUT2D eigenvalue weighted by Gasteiger charge is -2.15. The second-order valence-electron chi connectivity index (χ2n) is 5.73. The number of hydrogen-bond donors (Lipinski definition) is 2. The van der Waals surface area contributed by atoms with Gasteiger partial charge in [0.1, 0.15) is 0 Å². The third-order valence-corrected chi connectivity index (χ3v) is 3.88. The molecule has 0 fully saturated rings. The number of carbonyl (C=O) groups excluding carboxylic acids is 1. The molecule has 2 aromatic carbocycles. The van der Waals surface area contributed by atoms with Gasteiger partial charge in [-0.1, -0.05) is 42.5 Å². The molecule has 2 unspecified atom stereocenters. The lowest BCUT2D eigenvalue weighted by atomic mass is 9.97. The van der Waals surface area contributed by atoms with Gasteiger partial charge in [-0.3, -0.25) is 4.79 Å². The third-order valence-electron chi connectivity index (χ3n) is 3.88. The highest BCUT2D eigenvalue weighted by atomic mass is 16.5. The van der Waals surface area contributed by atoms with E-state index in [0.717, 1.165) is 6.42 Å². The molecule has 2 N–H and O–H groups in total. The summed E-state index contributed by atoms with van der Waals surface area (Å²) in [4.78, 5) is 11.3. The van der Waals surface area contributed by atoms with Crippen LogP contribution in [0.15, 0.2) is 42.5 Å². The van der Waals surface area contributed by atoms with Crippen molar-refractivity contribution in [3.63, 3.8) is 0 Å². The van der Waals surface area contributed by atoms with Gasteiger partial charge in [0.2, 0.25) is 0 Å². The van der Waals surface area contributed by atoms with Gasteiger partial charge in [-0.15, -0.1) is 0 Å². The summed E-state index contributed by atoms with van der Waals surface area (Å²) in [5, 5.41) is 22.3. The van der Waals surface area contributed by atoms with Gasteiger partial charge in [-0.05, 0) is 42.5 Å². The molecule has 0 spiro atoms. The molecule has 124 valence electrons. The lowest BCUT2D eigenvalue weighted by molar-refractivity contribution is -0.145. The number of fused-ring (bicyclic) bond motifs is 1. The highest BCUT2D eigenvalue weighted by Crippen LogP contribution is 2.21. The number of carbonyl (C=O) groups is 1. The van der Waals surface area contributed by atoms with Gasteiger partial charge < -0.3 is 14.9 Å². The van der Waals surface area contributed by atoms with E-state index in [2.05, 4.69) is 24.3 Å². The Morgan fingerprint density at radius 1 is 1.09 bits per heavy atom. The Balaban J connectivity index is 1.86. The van der Waals surface area contributed by atoms with Gasteiger partial charge >= 0.3 is 5.97 Å². The second-order valence-corrected chi connectivity index (χ2v) is 5.73. The van der Waals surface area contributed by atoms with Crippen molar-refractivity contribution >= 4 is 16.7 Å². The van der Waals surface area contributed by atoms with Crippen molar-refractivity contribution in [2.45, 2.75) is 44.8 Å². The first-order chi connectivity index (χ1) is 11.1. The molecule has 0 radical (unpaired) electrons. The normalized spacial score (nSPS) is 13.7. The molecule has 23 heavy (non-hydrogen) atoms. The number of aliphatic hydroxyl groups is 2. The van der Waals surface area contributed by atoms with Crippen LogP contribution in [0.25, 0.3) is 10.8 Å². The average molecular weight is 316 g/mol. The first-order valence-electron chi connectivity index (χ1n) is 8.08. The first-order valence-corrected chi connectivity index (χ1v) is 8.08. The molecule has 4 nitrogen and oxygen atoms in total. The maximum atomic E-state index is 11.3. The topological polar surface area (TPSA) is 66.8 Å². The van der Waals surface area contributed by atoms with Crippen LogP contribution in [0.5, 0.6) is 0 Å². The predicted molar refractivity (Wildman–Crippen MR) is 90.1 cm³/mol. The monoisotopic (exact) mass is 316 g/mol. The number of hydrogen-bond acceptors (Lipinski definition) is 4. The zero-order valence-electron chi connectivity index (χ0n) is 13.4. The van der Waals surface area contributed by atoms with E-state index >= 15 is 0 Å². The minimum atomic E-state index is -0.864. The van der Waals surface area contributed by atoms with E-state index in [4.69, 9.17) is 4.74 Å². The molecule has 0 saturated carbocycles. The van der Waals surface area contributed by atoms with Gasteiger partial charge in [0.15, 0.2) is 0 Å². The molecule has 0 aliphatic rings. The van der Waals surface area contributed by atoms with E-state index < -0.39 is 18.2 Å². The van der Waals surface area contributed by atoms with Crippen LogP contribution < -0.4 is 0 Å². The zero-order valence-corrected chi connectivity index (χ0v) is 13.4. The van der Waals surface area contributed by atoms with Crippen molar-refractivity contribution in [3.05, 3.63) is 48.0 Å². The molecule has 2 rings (SSSR count). The van der Waals surface area contributed by atoms with Crippen molar-refractivity contribution in [3.8, 4) is 0 Å². The highest BCUT2D eigenvalue weighted by molar-refractivity contribution is 5.85. The predicted octanol–water partition coefficient (Wildman–Crippen LogP) is 2.84. The zero-order chi connectivity index (χ0) is 16.7. The van der Waals surface area contributed by atoms with Crippen molar-refractivity contribution in [2.24, 2.45) is 0 Å². The Labute approximate surface area is 136 Å². The Hall–Kier alpha value is -1.91. The van der Waals surface area contributed by atoms with Gasteiger partial charge in [0.05, 0.1) is 25.2 Å². The van der Waals surface area contributed by atoms with Crippen LogP contribution in [-0.4, -0.2) is 35.0 Å². The van der Waals surface area contributed by atoms with Crippen molar-refractivity contribution in [1.29, 1.82) is 0 Å². The molecule has 2 atom stereocenters. The number of aliphatic hydroxyl groups excluding tert-OH is 2. The van der Waals surface area contributed by atoms with Crippen LogP contribution in [0.1, 0.15) is 31.7 Å². The van der Waals surface area contributed by atoms with E-state index in [1.54, 1.807) is 6.92 Å². The minimum absolute atomic E-state index is 0.0703. The average Bonchev–Trinajstić information content (AvgIpc) is 2.52. The molecular formula is C19H24O4. The summed E-state index contributed by atoms with van der Waals surface area (Å²) in [5.74, 6) is -0.429. The number of aryl methyl sites for hydroxylation is 1. The fourth-order valence-corrected chi connectivity index (χ4v) is 2.76. The summed E-state index contributed by atoms with van der Waals surface area (Å²) in [6.07, 6.45) is -0.111. The fraction of sp³-hybridized carbons (Fsp3) is 0.421. The van der Waals surface area contributed by atoms with Gasteiger partial charge in [-0.25, -0.2) is 0 Å². The molecule has 0 amide bonds. The van der Waals surface area contributed by atoms with Crippen molar-refractivity contribution < 1.29 is 19.7 Å². The molecule has 0 saturated heterocycles. The van der Waals surface area contributed by atoms with E-state index in [1.807, 2.05) is 18.2 Å². The summed E-state index contributed by atoms with van der Waals surface area (Å²) in [7, 11) is 0. The summed E-state index contributed by atoms with van der Waals surface area (Å²) in [5.41, 5.74) is 1.18. The van der Waals surface area contributed by atoms with Crippen molar-refractivity contribution in [1.82, 2.24) is 0 Å². The molecule has 0 bridgehead atoms. The summed E-state index contributed by atoms with van der Waals surface area (Å²) in [6.45, 7) is 2.03. The number of benzene rings is 2. The largest absolute Gasteiger partial charge is 0.466 e. The van der Waals surface area contributed by atoms with E-state index in [9.17, 15) is 15.0 Å². The van der Waals surface area contributed by atoms with Crippen LogP contribution in [0.2, 0.25) is 0 Å². The van der Waals surface area contributed by atoms with Crippen LogP contribution in [0.3, 0.4) is 0 Å². The summed E-state index contributed by atoms with van der Waals surface area (Å²) in [6, 6.07) is 14.3. The molecular weight excluding hydrogens is 292 g/mol. The molecule has 0 aliphatic carbocycles. The smallest absolute Gasteiger partial charge is 0.308 e. The van der Waals surface area contributed by atoms with E-state index in [-0.39, 0.29) is 12.8 Å². The molecule has 0 aromatic heterocycles. The van der Waals surface area contributed by atoms with Crippen molar-refractivity contribution in [2.75, 3.05) is 6.61 Å². The third kappa shape index (κ3) is 5.34. The van der Waals surface area contributed by atoms with Gasteiger partial charge in [0.25, 0.3) is 0 Å². The number of ether oxygens (including phenoxy) is 1. The molecule has 2 aromatic rings. The molecule has 4 heteroatoms. The standard InChI is InChI=1S/C19H24O4/c1-2-23-19(22)13-17(21)12-16(20)11-10-15-8-5-7-14-6-3-4-9-18(14)15/h3-9,16-17,20-21H,2,10-13H2,1H3. The molecule has 0 heterocycles.